The number of nitrogens with one attached hydrogen (secondary N) is 1. The zero-order valence-corrected chi connectivity index (χ0v) is 15.8. The van der Waals surface area contributed by atoms with Gasteiger partial charge in [-0.3, -0.25) is 9.59 Å². The van der Waals surface area contributed by atoms with Gasteiger partial charge in [-0.25, -0.2) is 0 Å². The van der Waals surface area contributed by atoms with Crippen molar-refractivity contribution in [1.29, 1.82) is 0 Å². The number of aromatic amines is 1. The predicted molar refractivity (Wildman–Crippen MR) is 109 cm³/mol. The number of ether oxygens (including phenoxy) is 1. The van der Waals surface area contributed by atoms with Gasteiger partial charge in [-0.2, -0.15) is 0 Å². The van der Waals surface area contributed by atoms with E-state index in [-0.39, 0.29) is 18.0 Å². The SMILES string of the molecule is COc1cccc(C(O)CN(C)C(=O)/C=C/c2cc3ccccc3[nH]c2=O)c1. The number of para-hydroxylation sites is 1. The number of amides is 1. The molecule has 6 heteroatoms. The van der Waals surface area contributed by atoms with Crippen molar-refractivity contribution in [3.63, 3.8) is 0 Å². The Morgan fingerprint density at radius 1 is 1.21 bits per heavy atom. The number of aliphatic hydroxyl groups excluding tert-OH is 1. The van der Waals surface area contributed by atoms with Crippen molar-refractivity contribution in [3.8, 4) is 5.75 Å². The third-order valence-corrected chi connectivity index (χ3v) is 4.49. The molecule has 6 nitrogen and oxygen atoms in total. The van der Waals surface area contributed by atoms with Gasteiger partial charge in [0.05, 0.1) is 19.8 Å². The van der Waals surface area contributed by atoms with Crippen molar-refractivity contribution >= 4 is 22.9 Å². The number of benzene rings is 2. The fourth-order valence-corrected chi connectivity index (χ4v) is 2.88. The van der Waals surface area contributed by atoms with Gasteiger partial charge in [-0.15, -0.1) is 0 Å². The number of carbonyl (C=O) groups excluding carboxylic acids is 1. The molecule has 28 heavy (non-hydrogen) atoms. The van der Waals surface area contributed by atoms with Crippen LogP contribution in [-0.4, -0.2) is 41.6 Å². The highest BCUT2D eigenvalue weighted by molar-refractivity contribution is 5.92. The first-order valence-electron chi connectivity index (χ1n) is 8.85. The lowest BCUT2D eigenvalue weighted by Crippen LogP contribution is -2.29. The monoisotopic (exact) mass is 378 g/mol. The van der Waals surface area contributed by atoms with E-state index in [0.717, 1.165) is 10.9 Å². The van der Waals surface area contributed by atoms with Crippen LogP contribution < -0.4 is 10.3 Å². The van der Waals surface area contributed by atoms with Crippen LogP contribution in [0.3, 0.4) is 0 Å². The number of pyridine rings is 1. The van der Waals surface area contributed by atoms with Crippen LogP contribution in [-0.2, 0) is 4.79 Å². The van der Waals surface area contributed by atoms with E-state index in [1.165, 1.54) is 17.1 Å². The number of H-pyrrole nitrogens is 1. The highest BCUT2D eigenvalue weighted by atomic mass is 16.5. The summed E-state index contributed by atoms with van der Waals surface area (Å²) in [4.78, 5) is 28.7. The molecule has 0 fully saturated rings. The molecule has 3 rings (SSSR count). The Hall–Kier alpha value is -3.38. The number of nitrogens with zero attached hydrogens (tertiary/aromatic N) is 1. The van der Waals surface area contributed by atoms with Gasteiger partial charge in [0.1, 0.15) is 5.75 Å². The lowest BCUT2D eigenvalue weighted by Gasteiger charge is -2.20. The van der Waals surface area contributed by atoms with E-state index in [9.17, 15) is 14.7 Å². The van der Waals surface area contributed by atoms with Gasteiger partial charge in [0.25, 0.3) is 5.56 Å². The summed E-state index contributed by atoms with van der Waals surface area (Å²) in [5.41, 5.74) is 1.54. The summed E-state index contributed by atoms with van der Waals surface area (Å²) in [6, 6.07) is 16.3. The van der Waals surface area contributed by atoms with E-state index in [2.05, 4.69) is 4.98 Å². The van der Waals surface area contributed by atoms with Crippen LogP contribution in [0.15, 0.2) is 65.5 Å². The maximum atomic E-state index is 12.4. The van der Waals surface area contributed by atoms with Crippen LogP contribution in [0.5, 0.6) is 5.75 Å². The fourth-order valence-electron chi connectivity index (χ4n) is 2.88. The minimum atomic E-state index is -0.846. The molecule has 1 aromatic heterocycles. The third kappa shape index (κ3) is 4.47. The summed E-state index contributed by atoms with van der Waals surface area (Å²) in [5, 5.41) is 11.3. The second-order valence-electron chi connectivity index (χ2n) is 6.49. The molecule has 0 saturated carbocycles. The molecule has 1 amide bonds. The summed E-state index contributed by atoms with van der Waals surface area (Å²) >= 11 is 0. The topological polar surface area (TPSA) is 82.6 Å². The molecule has 0 aliphatic heterocycles. The van der Waals surface area contributed by atoms with E-state index in [1.807, 2.05) is 24.3 Å². The molecule has 2 aromatic carbocycles. The number of hydrogen-bond donors (Lipinski definition) is 2. The Morgan fingerprint density at radius 2 is 2.00 bits per heavy atom. The van der Waals surface area contributed by atoms with E-state index in [0.29, 0.717) is 16.9 Å². The second-order valence-corrected chi connectivity index (χ2v) is 6.49. The van der Waals surface area contributed by atoms with Gasteiger partial charge < -0.3 is 19.7 Å². The molecule has 0 spiro atoms. The number of rotatable bonds is 6. The van der Waals surface area contributed by atoms with Crippen molar-refractivity contribution in [1.82, 2.24) is 9.88 Å². The number of hydrogen-bond acceptors (Lipinski definition) is 4. The maximum absolute atomic E-state index is 12.4. The fraction of sp³-hybridized carbons (Fsp3) is 0.182. The molecule has 0 radical (unpaired) electrons. The Balaban J connectivity index is 1.70. The molecular formula is C22H22N2O4. The van der Waals surface area contributed by atoms with Crippen LogP contribution in [0.2, 0.25) is 0 Å². The maximum Gasteiger partial charge on any atom is 0.255 e. The minimum absolute atomic E-state index is 0.115. The molecule has 3 aromatic rings. The molecule has 144 valence electrons. The average Bonchev–Trinajstić information content (AvgIpc) is 2.71. The zero-order valence-electron chi connectivity index (χ0n) is 15.8. The first-order chi connectivity index (χ1) is 13.5. The van der Waals surface area contributed by atoms with Crippen LogP contribution >= 0.6 is 0 Å². The number of aliphatic hydroxyl groups is 1. The van der Waals surface area contributed by atoms with Crippen LogP contribution in [0, 0.1) is 0 Å². The third-order valence-electron chi connectivity index (χ3n) is 4.49. The van der Waals surface area contributed by atoms with Crippen molar-refractivity contribution in [2.45, 2.75) is 6.10 Å². The Morgan fingerprint density at radius 3 is 2.79 bits per heavy atom. The molecule has 2 N–H and O–H groups in total. The summed E-state index contributed by atoms with van der Waals surface area (Å²) < 4.78 is 5.15. The smallest absolute Gasteiger partial charge is 0.255 e. The van der Waals surface area contributed by atoms with Crippen LogP contribution in [0.1, 0.15) is 17.2 Å². The van der Waals surface area contributed by atoms with E-state index in [1.54, 1.807) is 44.5 Å². The Kier molecular flexibility index (Phi) is 5.91. The second kappa shape index (κ2) is 8.54. The zero-order chi connectivity index (χ0) is 20.1. The first kappa shape index (κ1) is 19.4. The molecular weight excluding hydrogens is 356 g/mol. The highest BCUT2D eigenvalue weighted by Gasteiger charge is 2.14. The van der Waals surface area contributed by atoms with Gasteiger partial charge in [0, 0.05) is 24.2 Å². The molecule has 1 heterocycles. The molecule has 0 bridgehead atoms. The quantitative estimate of drug-likeness (QED) is 0.646. The van der Waals surface area contributed by atoms with E-state index < -0.39 is 6.10 Å². The largest absolute Gasteiger partial charge is 0.497 e. The lowest BCUT2D eigenvalue weighted by molar-refractivity contribution is -0.126. The minimum Gasteiger partial charge on any atom is -0.497 e. The van der Waals surface area contributed by atoms with Gasteiger partial charge >= 0.3 is 0 Å². The van der Waals surface area contributed by atoms with E-state index >= 15 is 0 Å². The van der Waals surface area contributed by atoms with E-state index in [4.69, 9.17) is 4.74 Å². The first-order valence-corrected chi connectivity index (χ1v) is 8.85. The Bertz CT molecular complexity index is 1070. The Labute approximate surface area is 162 Å². The van der Waals surface area contributed by atoms with Gasteiger partial charge in [0.2, 0.25) is 5.91 Å². The van der Waals surface area contributed by atoms with Crippen molar-refractivity contribution in [3.05, 3.63) is 82.2 Å². The van der Waals surface area contributed by atoms with Gasteiger partial charge in [-0.1, -0.05) is 30.3 Å². The molecule has 1 atom stereocenters. The summed E-state index contributed by atoms with van der Waals surface area (Å²) in [5.74, 6) is 0.329. The average molecular weight is 378 g/mol. The normalized spacial score (nSPS) is 12.2. The number of methoxy groups -OCH3 is 1. The summed E-state index contributed by atoms with van der Waals surface area (Å²) in [7, 11) is 3.15. The number of carbonyl (C=O) groups is 1. The molecule has 1 unspecified atom stereocenters. The predicted octanol–water partition coefficient (Wildman–Crippen LogP) is 2.74. The van der Waals surface area contributed by atoms with Crippen molar-refractivity contribution in [2.24, 2.45) is 0 Å². The lowest BCUT2D eigenvalue weighted by atomic mass is 10.1. The van der Waals surface area contributed by atoms with Gasteiger partial charge in [0.15, 0.2) is 0 Å². The molecule has 0 aliphatic rings. The summed E-state index contributed by atoms with van der Waals surface area (Å²) in [6.45, 7) is 0.115. The number of likely N-dealkylation sites (N-methyl/N-ethyl adjacent to an activating group) is 1. The van der Waals surface area contributed by atoms with Crippen LogP contribution in [0.25, 0.3) is 17.0 Å². The number of aromatic nitrogens is 1. The molecule has 0 saturated heterocycles. The standard InChI is InChI=1S/C22H22N2O4/c1-24(14-20(25)16-7-5-8-18(13-16)28-2)21(26)11-10-17-12-15-6-3-4-9-19(15)23-22(17)27/h3-13,20,25H,14H2,1-2H3,(H,23,27)/b11-10+. The van der Waals surface area contributed by atoms with Crippen molar-refractivity contribution in [2.75, 3.05) is 20.7 Å². The highest BCUT2D eigenvalue weighted by Crippen LogP contribution is 2.19. The van der Waals surface area contributed by atoms with Gasteiger partial charge in [-0.05, 0) is 41.3 Å². The molecule has 0 aliphatic carbocycles. The number of fused-ring (bicyclic) bond motifs is 1. The van der Waals surface area contributed by atoms with Crippen molar-refractivity contribution < 1.29 is 14.6 Å². The summed E-state index contributed by atoms with van der Waals surface area (Å²) in [6.07, 6.45) is 1.97. The van der Waals surface area contributed by atoms with Crippen LogP contribution in [0.4, 0.5) is 0 Å².